The standard InChI is InChI=1S/C11H12N6O/c1-7(11(18)15-12)16-17-10-8-4-2-3-5-9(8)13-6-14-10/h2-6H,12H2,1H3,(H,15,18)(H,13,14,17)/b16-7+. The van der Waals surface area contributed by atoms with Gasteiger partial charge in [0, 0.05) is 5.39 Å². The summed E-state index contributed by atoms with van der Waals surface area (Å²) in [5.41, 5.74) is 5.72. The molecule has 0 spiro atoms. The van der Waals surface area contributed by atoms with E-state index in [0.717, 1.165) is 10.9 Å². The zero-order valence-electron chi connectivity index (χ0n) is 9.71. The molecule has 1 aromatic carbocycles. The average Bonchev–Trinajstić information content (AvgIpc) is 2.43. The van der Waals surface area contributed by atoms with Gasteiger partial charge < -0.3 is 0 Å². The minimum Gasteiger partial charge on any atom is -0.289 e. The SMILES string of the molecule is C/C(=N\Nc1ncnc2ccccc12)C(=O)NN. The molecule has 92 valence electrons. The van der Waals surface area contributed by atoms with E-state index >= 15 is 0 Å². The van der Waals surface area contributed by atoms with Crippen molar-refractivity contribution in [1.82, 2.24) is 15.4 Å². The summed E-state index contributed by atoms with van der Waals surface area (Å²) < 4.78 is 0. The number of nitrogens with zero attached hydrogens (tertiary/aromatic N) is 3. The number of hydrogen-bond acceptors (Lipinski definition) is 6. The largest absolute Gasteiger partial charge is 0.289 e. The van der Waals surface area contributed by atoms with Gasteiger partial charge in [0.1, 0.15) is 12.0 Å². The molecule has 0 bridgehead atoms. The van der Waals surface area contributed by atoms with Crippen LogP contribution in [0.5, 0.6) is 0 Å². The predicted molar refractivity (Wildman–Crippen MR) is 68.6 cm³/mol. The van der Waals surface area contributed by atoms with Gasteiger partial charge in [0.15, 0.2) is 5.82 Å². The third-order valence-corrected chi connectivity index (χ3v) is 2.33. The van der Waals surface area contributed by atoms with Crippen molar-refractivity contribution in [2.75, 3.05) is 5.43 Å². The van der Waals surface area contributed by atoms with Gasteiger partial charge in [-0.3, -0.25) is 15.6 Å². The van der Waals surface area contributed by atoms with Gasteiger partial charge in [-0.1, -0.05) is 12.1 Å². The minimum atomic E-state index is -0.458. The Morgan fingerprint density at radius 3 is 2.89 bits per heavy atom. The van der Waals surface area contributed by atoms with E-state index in [0.29, 0.717) is 5.82 Å². The van der Waals surface area contributed by atoms with Crippen molar-refractivity contribution in [3.63, 3.8) is 0 Å². The van der Waals surface area contributed by atoms with Crippen LogP contribution in [0.15, 0.2) is 35.7 Å². The van der Waals surface area contributed by atoms with Gasteiger partial charge >= 0.3 is 0 Å². The minimum absolute atomic E-state index is 0.209. The summed E-state index contributed by atoms with van der Waals surface area (Å²) in [6.07, 6.45) is 1.43. The van der Waals surface area contributed by atoms with Crippen LogP contribution in [0.4, 0.5) is 5.82 Å². The van der Waals surface area contributed by atoms with Crippen molar-refractivity contribution in [3.8, 4) is 0 Å². The summed E-state index contributed by atoms with van der Waals surface area (Å²) in [5, 5.41) is 4.72. The highest BCUT2D eigenvalue weighted by atomic mass is 16.2. The van der Waals surface area contributed by atoms with Crippen LogP contribution in [0.25, 0.3) is 10.9 Å². The Balaban J connectivity index is 2.30. The highest BCUT2D eigenvalue weighted by Gasteiger charge is 2.04. The van der Waals surface area contributed by atoms with E-state index in [1.807, 2.05) is 29.7 Å². The molecule has 1 aromatic heterocycles. The molecule has 4 N–H and O–H groups in total. The van der Waals surface area contributed by atoms with Crippen molar-refractivity contribution in [1.29, 1.82) is 0 Å². The number of amides is 1. The maximum atomic E-state index is 11.2. The Hall–Kier alpha value is -2.54. The molecule has 7 heteroatoms. The van der Waals surface area contributed by atoms with Crippen LogP contribution in [0.3, 0.4) is 0 Å². The molecule has 0 aliphatic carbocycles. The van der Waals surface area contributed by atoms with Crippen molar-refractivity contribution >= 4 is 28.3 Å². The first-order valence-corrected chi connectivity index (χ1v) is 5.23. The Morgan fingerprint density at radius 2 is 2.11 bits per heavy atom. The van der Waals surface area contributed by atoms with Crippen molar-refractivity contribution in [2.45, 2.75) is 6.92 Å². The van der Waals surface area contributed by atoms with Crippen molar-refractivity contribution < 1.29 is 4.79 Å². The molecule has 1 amide bonds. The second-order valence-corrected chi connectivity index (χ2v) is 3.52. The summed E-state index contributed by atoms with van der Waals surface area (Å²) in [4.78, 5) is 19.4. The molecule has 0 radical (unpaired) electrons. The molecule has 0 aliphatic heterocycles. The Kier molecular flexibility index (Phi) is 3.44. The normalized spacial score (nSPS) is 11.3. The van der Waals surface area contributed by atoms with Crippen LogP contribution in [-0.2, 0) is 4.79 Å². The second-order valence-electron chi connectivity index (χ2n) is 3.52. The van der Waals surface area contributed by atoms with Crippen molar-refractivity contribution in [3.05, 3.63) is 30.6 Å². The lowest BCUT2D eigenvalue weighted by atomic mass is 10.2. The fraction of sp³-hybridized carbons (Fsp3) is 0.0909. The maximum absolute atomic E-state index is 11.2. The van der Waals surface area contributed by atoms with Crippen molar-refractivity contribution in [2.24, 2.45) is 10.9 Å². The monoisotopic (exact) mass is 244 g/mol. The number of rotatable bonds is 3. The highest BCUT2D eigenvalue weighted by molar-refractivity contribution is 6.37. The predicted octanol–water partition coefficient (Wildman–Crippen LogP) is 0.407. The van der Waals surface area contributed by atoms with Gasteiger partial charge in [-0.15, -0.1) is 0 Å². The van der Waals surface area contributed by atoms with Gasteiger partial charge in [-0.25, -0.2) is 15.8 Å². The lowest BCUT2D eigenvalue weighted by molar-refractivity contribution is -0.114. The van der Waals surface area contributed by atoms with Crippen LogP contribution < -0.4 is 16.7 Å². The number of nitrogens with two attached hydrogens (primary N) is 1. The van der Waals surface area contributed by atoms with Crippen LogP contribution in [0.1, 0.15) is 6.92 Å². The number of anilines is 1. The van der Waals surface area contributed by atoms with E-state index < -0.39 is 5.91 Å². The topological polar surface area (TPSA) is 105 Å². The van der Waals surface area contributed by atoms with E-state index in [1.165, 1.54) is 6.33 Å². The number of hydrogen-bond donors (Lipinski definition) is 3. The molecule has 0 aliphatic rings. The molecule has 2 rings (SSSR count). The quantitative estimate of drug-likeness (QED) is 0.314. The Labute approximate surface area is 103 Å². The first kappa shape index (κ1) is 11.9. The summed E-state index contributed by atoms with van der Waals surface area (Å²) in [6.45, 7) is 1.54. The van der Waals surface area contributed by atoms with Crippen LogP contribution >= 0.6 is 0 Å². The van der Waals surface area contributed by atoms with E-state index in [-0.39, 0.29) is 5.71 Å². The summed E-state index contributed by atoms with van der Waals surface area (Å²) >= 11 is 0. The number of nitrogens with one attached hydrogen (secondary N) is 2. The van der Waals surface area contributed by atoms with E-state index in [9.17, 15) is 4.79 Å². The smallest absolute Gasteiger partial charge is 0.281 e. The Bertz CT molecular complexity index is 604. The highest BCUT2D eigenvalue weighted by Crippen LogP contribution is 2.17. The lowest BCUT2D eigenvalue weighted by Crippen LogP contribution is -2.35. The van der Waals surface area contributed by atoms with Gasteiger partial charge in [-0.05, 0) is 19.1 Å². The number of hydrazine groups is 1. The van der Waals surface area contributed by atoms with E-state index in [2.05, 4.69) is 20.5 Å². The van der Waals surface area contributed by atoms with E-state index in [4.69, 9.17) is 5.84 Å². The molecule has 0 atom stereocenters. The first-order valence-electron chi connectivity index (χ1n) is 5.23. The molecule has 18 heavy (non-hydrogen) atoms. The molecule has 2 aromatic rings. The number of carbonyl (C=O) groups is 1. The molecule has 0 fully saturated rings. The van der Waals surface area contributed by atoms with Gasteiger partial charge in [0.25, 0.3) is 5.91 Å². The zero-order valence-corrected chi connectivity index (χ0v) is 9.71. The average molecular weight is 244 g/mol. The third kappa shape index (κ3) is 2.41. The van der Waals surface area contributed by atoms with Crippen LogP contribution in [-0.4, -0.2) is 21.6 Å². The summed E-state index contributed by atoms with van der Waals surface area (Å²) in [6, 6.07) is 7.49. The number of aromatic nitrogens is 2. The lowest BCUT2D eigenvalue weighted by Gasteiger charge is -2.04. The molecule has 0 saturated carbocycles. The molecule has 7 nitrogen and oxygen atoms in total. The Morgan fingerprint density at radius 1 is 1.33 bits per heavy atom. The molecule has 1 heterocycles. The fourth-order valence-corrected chi connectivity index (χ4v) is 1.39. The molecular formula is C11H12N6O. The van der Waals surface area contributed by atoms with E-state index in [1.54, 1.807) is 6.92 Å². The molecule has 0 saturated heterocycles. The van der Waals surface area contributed by atoms with Gasteiger partial charge in [-0.2, -0.15) is 5.10 Å². The number of benzene rings is 1. The number of carbonyl (C=O) groups excluding carboxylic acids is 1. The zero-order chi connectivity index (χ0) is 13.0. The number of fused-ring (bicyclic) bond motifs is 1. The maximum Gasteiger partial charge on any atom is 0.281 e. The van der Waals surface area contributed by atoms with Crippen LogP contribution in [0, 0.1) is 0 Å². The van der Waals surface area contributed by atoms with Crippen LogP contribution in [0.2, 0.25) is 0 Å². The van der Waals surface area contributed by atoms with Gasteiger partial charge in [0.2, 0.25) is 0 Å². The molecular weight excluding hydrogens is 232 g/mol. The summed E-state index contributed by atoms with van der Waals surface area (Å²) in [5.74, 6) is 5.07. The number of para-hydroxylation sites is 1. The van der Waals surface area contributed by atoms with Gasteiger partial charge in [0.05, 0.1) is 5.52 Å². The number of hydrazone groups is 1. The molecule has 0 unspecified atom stereocenters. The fourth-order valence-electron chi connectivity index (χ4n) is 1.39. The third-order valence-electron chi connectivity index (χ3n) is 2.33. The second kappa shape index (κ2) is 5.19. The summed E-state index contributed by atoms with van der Waals surface area (Å²) in [7, 11) is 0. The first-order chi connectivity index (χ1) is 8.72.